The molecule has 0 aliphatic carbocycles. The van der Waals surface area contributed by atoms with Gasteiger partial charge in [0.2, 0.25) is 0 Å². The van der Waals surface area contributed by atoms with E-state index >= 15 is 0 Å². The number of hydrogen-bond donors (Lipinski definition) is 2. The van der Waals surface area contributed by atoms with Gasteiger partial charge >= 0.3 is 0 Å². The molecule has 1 amide bonds. The van der Waals surface area contributed by atoms with Gasteiger partial charge < -0.3 is 9.15 Å². The quantitative estimate of drug-likeness (QED) is 0.512. The van der Waals surface area contributed by atoms with Crippen LogP contribution in [0.4, 0.5) is 0 Å². The van der Waals surface area contributed by atoms with Crippen LogP contribution in [-0.4, -0.2) is 5.91 Å². The van der Waals surface area contributed by atoms with Crippen LogP contribution in [0.3, 0.4) is 0 Å². The summed E-state index contributed by atoms with van der Waals surface area (Å²) in [7, 11) is 0. The zero-order valence-corrected chi connectivity index (χ0v) is 11.0. The fourth-order valence-electron chi connectivity index (χ4n) is 1.65. The third-order valence-electron chi connectivity index (χ3n) is 2.62. The van der Waals surface area contributed by atoms with Crippen LogP contribution in [-0.2, 0) is 6.61 Å². The molecule has 0 unspecified atom stereocenters. The maximum absolute atomic E-state index is 11.4. The van der Waals surface area contributed by atoms with Crippen LogP contribution in [0.5, 0.6) is 5.75 Å². The molecule has 0 aliphatic rings. The maximum atomic E-state index is 11.4. The number of halogens is 1. The number of ether oxygens (including phenoxy) is 1. The summed E-state index contributed by atoms with van der Waals surface area (Å²) in [6, 6.07) is 6.84. The van der Waals surface area contributed by atoms with Gasteiger partial charge in [-0.3, -0.25) is 10.2 Å². The molecule has 2 aromatic rings. The van der Waals surface area contributed by atoms with E-state index in [4.69, 9.17) is 26.6 Å². The number of nitrogens with two attached hydrogens (primary N) is 1. The number of carbonyl (C=O) groups excluding carboxylic acids is 1. The zero-order chi connectivity index (χ0) is 13.8. The predicted molar refractivity (Wildman–Crippen MR) is 70.9 cm³/mol. The van der Waals surface area contributed by atoms with E-state index in [1.165, 1.54) is 12.3 Å². The summed E-state index contributed by atoms with van der Waals surface area (Å²) in [6.45, 7) is 2.02. The van der Waals surface area contributed by atoms with E-state index in [-0.39, 0.29) is 6.61 Å². The molecule has 0 atom stereocenters. The van der Waals surface area contributed by atoms with Gasteiger partial charge in [-0.2, -0.15) is 0 Å². The van der Waals surface area contributed by atoms with E-state index in [1.54, 1.807) is 18.2 Å². The monoisotopic (exact) mass is 280 g/mol. The summed E-state index contributed by atoms with van der Waals surface area (Å²) < 4.78 is 10.8. The molecule has 5 nitrogen and oxygen atoms in total. The molecule has 1 heterocycles. The molecule has 3 N–H and O–H groups in total. The number of aryl methyl sites for hydroxylation is 1. The molecular formula is C13H13ClN2O3. The van der Waals surface area contributed by atoms with Gasteiger partial charge in [0.25, 0.3) is 5.91 Å². The van der Waals surface area contributed by atoms with Crippen LogP contribution < -0.4 is 16.0 Å². The molecule has 1 aromatic heterocycles. The summed E-state index contributed by atoms with van der Waals surface area (Å²) in [5.74, 6) is 5.76. The lowest BCUT2D eigenvalue weighted by Crippen LogP contribution is -2.30. The molecule has 0 aliphatic heterocycles. The predicted octanol–water partition coefficient (Wildman–Crippen LogP) is 2.42. The number of nitrogen functional groups attached to an aromatic ring is 1. The smallest absolute Gasteiger partial charge is 0.268 e. The molecule has 2 rings (SSSR count). The van der Waals surface area contributed by atoms with Gasteiger partial charge in [-0.05, 0) is 36.8 Å². The Balaban J connectivity index is 2.10. The lowest BCUT2D eigenvalue weighted by atomic mass is 10.2. The van der Waals surface area contributed by atoms with Gasteiger partial charge in [-0.1, -0.05) is 11.6 Å². The Bertz CT molecular complexity index is 595. The first kappa shape index (κ1) is 13.5. The third-order valence-corrected chi connectivity index (χ3v) is 2.85. The molecule has 0 fully saturated rings. The van der Waals surface area contributed by atoms with Crippen molar-refractivity contribution in [2.75, 3.05) is 0 Å². The number of benzene rings is 1. The van der Waals surface area contributed by atoms with E-state index in [1.807, 2.05) is 6.92 Å². The second-order valence-electron chi connectivity index (χ2n) is 3.93. The Labute approximate surface area is 115 Å². The maximum Gasteiger partial charge on any atom is 0.268 e. The van der Waals surface area contributed by atoms with Crippen LogP contribution in [0.2, 0.25) is 5.02 Å². The van der Waals surface area contributed by atoms with E-state index in [9.17, 15) is 4.79 Å². The van der Waals surface area contributed by atoms with Crippen molar-refractivity contribution in [3.05, 3.63) is 52.4 Å². The van der Waals surface area contributed by atoms with Crippen molar-refractivity contribution in [2.45, 2.75) is 13.5 Å². The minimum atomic E-state index is -0.417. The molecule has 19 heavy (non-hydrogen) atoms. The number of nitrogens with one attached hydrogen (secondary N) is 1. The molecular weight excluding hydrogens is 268 g/mol. The fourth-order valence-corrected chi connectivity index (χ4v) is 1.88. The van der Waals surface area contributed by atoms with E-state index in [2.05, 4.69) is 5.43 Å². The minimum Gasteiger partial charge on any atom is -0.485 e. The number of hydrazine groups is 1. The summed E-state index contributed by atoms with van der Waals surface area (Å²) in [5, 5.41) is 0.644. The number of rotatable bonds is 4. The first-order chi connectivity index (χ1) is 9.11. The van der Waals surface area contributed by atoms with Crippen LogP contribution in [0.1, 0.15) is 21.7 Å². The minimum absolute atomic E-state index is 0.137. The van der Waals surface area contributed by atoms with Gasteiger partial charge in [-0.15, -0.1) is 0 Å². The van der Waals surface area contributed by atoms with Gasteiger partial charge in [0.15, 0.2) is 5.76 Å². The van der Waals surface area contributed by atoms with Gasteiger partial charge in [0.05, 0.1) is 11.8 Å². The number of furan rings is 1. The Kier molecular flexibility index (Phi) is 4.09. The molecule has 6 heteroatoms. The van der Waals surface area contributed by atoms with Crippen molar-refractivity contribution in [1.29, 1.82) is 0 Å². The number of carbonyl (C=O) groups is 1. The fraction of sp³-hybridized carbons (Fsp3) is 0.154. The highest BCUT2D eigenvalue weighted by Crippen LogP contribution is 2.23. The summed E-state index contributed by atoms with van der Waals surface area (Å²) in [5.41, 5.74) is 3.31. The number of hydrogen-bond acceptors (Lipinski definition) is 4. The Morgan fingerprint density at radius 2 is 2.26 bits per heavy atom. The average Bonchev–Trinajstić information content (AvgIpc) is 2.85. The molecule has 100 valence electrons. The Hall–Kier alpha value is -1.98. The van der Waals surface area contributed by atoms with E-state index in [0.717, 1.165) is 5.56 Å². The van der Waals surface area contributed by atoms with Crippen LogP contribution >= 0.6 is 11.6 Å². The van der Waals surface area contributed by atoms with Crippen molar-refractivity contribution in [1.82, 2.24) is 5.43 Å². The summed E-state index contributed by atoms with van der Waals surface area (Å²) in [6.07, 6.45) is 1.41. The largest absolute Gasteiger partial charge is 0.485 e. The SMILES string of the molecule is Cc1cc(Cl)ccc1OCc1occc1C(=O)NN. The Morgan fingerprint density at radius 3 is 2.95 bits per heavy atom. The van der Waals surface area contributed by atoms with Gasteiger partial charge in [-0.25, -0.2) is 5.84 Å². The van der Waals surface area contributed by atoms with Gasteiger partial charge in [0.1, 0.15) is 12.4 Å². The van der Waals surface area contributed by atoms with Crippen molar-refractivity contribution in [2.24, 2.45) is 5.84 Å². The first-order valence-electron chi connectivity index (χ1n) is 5.58. The topological polar surface area (TPSA) is 77.5 Å². The normalized spacial score (nSPS) is 10.3. The van der Waals surface area contributed by atoms with Gasteiger partial charge in [0, 0.05) is 5.02 Å². The Morgan fingerprint density at radius 1 is 1.47 bits per heavy atom. The van der Waals surface area contributed by atoms with E-state index < -0.39 is 5.91 Å². The standard InChI is InChI=1S/C13H13ClN2O3/c1-8-6-9(14)2-3-11(8)19-7-12-10(4-5-18-12)13(17)16-15/h2-6H,7,15H2,1H3,(H,16,17). The van der Waals surface area contributed by atoms with E-state index in [0.29, 0.717) is 22.1 Å². The van der Waals surface area contributed by atoms with Crippen LogP contribution in [0.15, 0.2) is 34.9 Å². The number of amides is 1. The highest BCUT2D eigenvalue weighted by atomic mass is 35.5. The summed E-state index contributed by atoms with van der Waals surface area (Å²) in [4.78, 5) is 11.4. The lowest BCUT2D eigenvalue weighted by molar-refractivity contribution is 0.0949. The molecule has 0 bridgehead atoms. The zero-order valence-electron chi connectivity index (χ0n) is 10.3. The van der Waals surface area contributed by atoms with Crippen LogP contribution in [0, 0.1) is 6.92 Å². The van der Waals surface area contributed by atoms with Crippen molar-refractivity contribution in [3.8, 4) is 5.75 Å². The molecule has 0 spiro atoms. The molecule has 0 radical (unpaired) electrons. The third kappa shape index (κ3) is 3.07. The highest BCUT2D eigenvalue weighted by Gasteiger charge is 2.14. The second kappa shape index (κ2) is 5.77. The second-order valence-corrected chi connectivity index (χ2v) is 4.37. The van der Waals surface area contributed by atoms with Crippen LogP contribution in [0.25, 0.3) is 0 Å². The molecule has 1 aromatic carbocycles. The molecule has 0 saturated heterocycles. The van der Waals surface area contributed by atoms with Crippen molar-refractivity contribution in [3.63, 3.8) is 0 Å². The lowest BCUT2D eigenvalue weighted by Gasteiger charge is -2.08. The summed E-state index contributed by atoms with van der Waals surface area (Å²) >= 11 is 5.86. The highest BCUT2D eigenvalue weighted by molar-refractivity contribution is 6.30. The first-order valence-corrected chi connectivity index (χ1v) is 5.96. The van der Waals surface area contributed by atoms with Crippen molar-refractivity contribution >= 4 is 17.5 Å². The average molecular weight is 281 g/mol. The van der Waals surface area contributed by atoms with Crippen molar-refractivity contribution < 1.29 is 13.9 Å². The molecule has 0 saturated carbocycles.